The van der Waals surface area contributed by atoms with Gasteiger partial charge in [0.2, 0.25) is 0 Å². The number of hydrogen-bond donors (Lipinski definition) is 3. The van der Waals surface area contributed by atoms with Gasteiger partial charge in [0.05, 0.1) is 11.5 Å². The molecule has 2 rings (SSSR count). The summed E-state index contributed by atoms with van der Waals surface area (Å²) in [5.74, 6) is -1.09. The van der Waals surface area contributed by atoms with Gasteiger partial charge in [-0.1, -0.05) is 44.2 Å². The van der Waals surface area contributed by atoms with Crippen LogP contribution in [0.15, 0.2) is 30.3 Å². The van der Waals surface area contributed by atoms with Crippen LogP contribution in [0.5, 0.6) is 0 Å². The molecule has 21 heavy (non-hydrogen) atoms. The van der Waals surface area contributed by atoms with Gasteiger partial charge >= 0.3 is 5.97 Å². The third kappa shape index (κ3) is 2.47. The summed E-state index contributed by atoms with van der Waals surface area (Å²) >= 11 is 0. The predicted octanol–water partition coefficient (Wildman–Crippen LogP) is 2.61. The lowest BCUT2D eigenvalue weighted by Gasteiger charge is -2.41. The molecule has 1 aliphatic rings. The first-order valence-electron chi connectivity index (χ1n) is 7.36. The zero-order chi connectivity index (χ0) is 15.8. The lowest BCUT2D eigenvalue weighted by Crippen LogP contribution is -2.45. The fourth-order valence-corrected chi connectivity index (χ4v) is 3.58. The first-order chi connectivity index (χ1) is 9.72. The lowest BCUT2D eigenvalue weighted by atomic mass is 9.64. The van der Waals surface area contributed by atoms with E-state index >= 15 is 0 Å². The third-order valence-electron chi connectivity index (χ3n) is 5.65. The normalized spacial score (nSPS) is 30.8. The molecule has 1 saturated carbocycles. The van der Waals surface area contributed by atoms with Crippen molar-refractivity contribution >= 4 is 5.97 Å². The van der Waals surface area contributed by atoms with E-state index in [1.807, 2.05) is 32.0 Å². The van der Waals surface area contributed by atoms with Crippen molar-refractivity contribution in [2.45, 2.75) is 45.8 Å². The van der Waals surface area contributed by atoms with Crippen molar-refractivity contribution in [1.29, 1.82) is 0 Å². The molecule has 3 N–H and O–H groups in total. The van der Waals surface area contributed by atoms with Gasteiger partial charge in [-0.3, -0.25) is 4.79 Å². The third-order valence-corrected chi connectivity index (χ3v) is 5.65. The molecular formula is C17H24O4. The smallest absolute Gasteiger partial charge is 0.309 e. The lowest BCUT2D eigenvalue weighted by molar-refractivity contribution is -0.156. The summed E-state index contributed by atoms with van der Waals surface area (Å²) in [6, 6.07) is 9.01. The van der Waals surface area contributed by atoms with Gasteiger partial charge in [0.15, 0.2) is 0 Å². The second-order valence-electron chi connectivity index (χ2n) is 6.85. The molecule has 1 aromatic carbocycles. The van der Waals surface area contributed by atoms with E-state index in [1.54, 1.807) is 19.1 Å². The van der Waals surface area contributed by atoms with Crippen LogP contribution in [0.3, 0.4) is 0 Å². The average Bonchev–Trinajstić information content (AvgIpc) is 2.70. The van der Waals surface area contributed by atoms with Crippen LogP contribution in [0.2, 0.25) is 0 Å². The molecule has 4 nitrogen and oxygen atoms in total. The Morgan fingerprint density at radius 2 is 1.76 bits per heavy atom. The number of carbonyl (C=O) groups is 1. The Morgan fingerprint density at radius 3 is 2.24 bits per heavy atom. The first kappa shape index (κ1) is 16.0. The van der Waals surface area contributed by atoms with Crippen molar-refractivity contribution in [3.05, 3.63) is 35.9 Å². The minimum absolute atomic E-state index is 0.256. The fourth-order valence-electron chi connectivity index (χ4n) is 3.58. The molecular weight excluding hydrogens is 268 g/mol. The monoisotopic (exact) mass is 292 g/mol. The number of benzene rings is 1. The van der Waals surface area contributed by atoms with Crippen molar-refractivity contribution in [3.8, 4) is 0 Å². The molecule has 0 saturated heterocycles. The maximum Gasteiger partial charge on any atom is 0.309 e. The summed E-state index contributed by atoms with van der Waals surface area (Å²) in [6.07, 6.45) is -0.852. The van der Waals surface area contributed by atoms with E-state index in [4.69, 9.17) is 0 Å². The summed E-state index contributed by atoms with van der Waals surface area (Å²) in [6.45, 7) is 5.48. The summed E-state index contributed by atoms with van der Waals surface area (Å²) in [5.41, 5.74) is -0.812. The van der Waals surface area contributed by atoms with Crippen molar-refractivity contribution in [3.63, 3.8) is 0 Å². The predicted molar refractivity (Wildman–Crippen MR) is 79.7 cm³/mol. The van der Waals surface area contributed by atoms with Gasteiger partial charge < -0.3 is 15.3 Å². The number of aliphatic carboxylic acids is 1. The van der Waals surface area contributed by atoms with E-state index in [2.05, 4.69) is 0 Å². The Balaban J connectivity index is 2.25. The van der Waals surface area contributed by atoms with Crippen LogP contribution in [-0.2, 0) is 4.79 Å². The van der Waals surface area contributed by atoms with Gasteiger partial charge in [-0.25, -0.2) is 0 Å². The largest absolute Gasteiger partial charge is 0.481 e. The van der Waals surface area contributed by atoms with Crippen LogP contribution in [0.25, 0.3) is 0 Å². The molecule has 0 aromatic heterocycles. The summed E-state index contributed by atoms with van der Waals surface area (Å²) in [4.78, 5) is 11.6. The number of carboxylic acid groups (broad SMARTS) is 1. The molecule has 0 bridgehead atoms. The van der Waals surface area contributed by atoms with Crippen LogP contribution in [0.4, 0.5) is 0 Å². The van der Waals surface area contributed by atoms with Crippen molar-refractivity contribution in [1.82, 2.24) is 0 Å². The van der Waals surface area contributed by atoms with Gasteiger partial charge in [-0.2, -0.15) is 0 Å². The molecule has 1 aliphatic carbocycles. The minimum atomic E-state index is -0.994. The Kier molecular flexibility index (Phi) is 4.13. The number of aliphatic hydroxyl groups excluding tert-OH is 2. The Bertz CT molecular complexity index is 511. The fraction of sp³-hybridized carbons (Fsp3) is 0.588. The van der Waals surface area contributed by atoms with Gasteiger partial charge in [0, 0.05) is 0 Å². The number of carboxylic acids is 1. The standard InChI is InChI=1S/C17H24O4/c1-16(2)12(9-10-17(16,3)15(20)21)14(19)13(18)11-7-5-4-6-8-11/h4-8,12-14,18-19H,9-10H2,1-3H3,(H,20,21)/t12-,13+,14-,17-/m1/s1. The van der Waals surface area contributed by atoms with E-state index in [9.17, 15) is 20.1 Å². The topological polar surface area (TPSA) is 77.8 Å². The minimum Gasteiger partial charge on any atom is -0.481 e. The number of hydrogen-bond acceptors (Lipinski definition) is 3. The van der Waals surface area contributed by atoms with Crippen LogP contribution in [0, 0.1) is 16.7 Å². The molecule has 4 heteroatoms. The highest BCUT2D eigenvalue weighted by atomic mass is 16.4. The van der Waals surface area contributed by atoms with Crippen LogP contribution in [-0.4, -0.2) is 27.4 Å². The summed E-state index contributed by atoms with van der Waals surface area (Å²) in [7, 11) is 0. The molecule has 1 aromatic rings. The SMILES string of the molecule is CC1(C)[C@@H]([C@@H](O)[C@@H](O)c2ccccc2)CC[C@]1(C)C(=O)O. The second kappa shape index (κ2) is 5.43. The molecule has 0 unspecified atom stereocenters. The summed E-state index contributed by atoms with van der Waals surface area (Å²) in [5, 5.41) is 30.5. The quantitative estimate of drug-likeness (QED) is 0.797. The maximum absolute atomic E-state index is 11.6. The number of rotatable bonds is 4. The van der Waals surface area contributed by atoms with Crippen LogP contribution in [0.1, 0.15) is 45.3 Å². The van der Waals surface area contributed by atoms with E-state index in [0.29, 0.717) is 18.4 Å². The molecule has 0 aliphatic heterocycles. The molecule has 0 radical (unpaired) electrons. The van der Waals surface area contributed by atoms with E-state index in [0.717, 1.165) is 0 Å². The van der Waals surface area contributed by atoms with E-state index < -0.39 is 29.0 Å². The van der Waals surface area contributed by atoms with Gasteiger partial charge in [0.1, 0.15) is 6.10 Å². The second-order valence-corrected chi connectivity index (χ2v) is 6.85. The Hall–Kier alpha value is -1.39. The van der Waals surface area contributed by atoms with E-state index in [-0.39, 0.29) is 5.92 Å². The van der Waals surface area contributed by atoms with Crippen molar-refractivity contribution < 1.29 is 20.1 Å². The van der Waals surface area contributed by atoms with Crippen molar-refractivity contribution in [2.75, 3.05) is 0 Å². The summed E-state index contributed by atoms with van der Waals surface area (Å²) < 4.78 is 0. The van der Waals surface area contributed by atoms with Gasteiger partial charge in [-0.15, -0.1) is 0 Å². The Labute approximate surface area is 125 Å². The highest BCUT2D eigenvalue weighted by Crippen LogP contribution is 2.58. The molecule has 116 valence electrons. The Morgan fingerprint density at radius 1 is 1.19 bits per heavy atom. The molecule has 0 amide bonds. The zero-order valence-corrected chi connectivity index (χ0v) is 12.8. The van der Waals surface area contributed by atoms with Crippen LogP contribution < -0.4 is 0 Å². The maximum atomic E-state index is 11.6. The average molecular weight is 292 g/mol. The van der Waals surface area contributed by atoms with Crippen molar-refractivity contribution in [2.24, 2.45) is 16.7 Å². The van der Waals surface area contributed by atoms with Gasteiger partial charge in [0.25, 0.3) is 0 Å². The molecule has 4 atom stereocenters. The first-order valence-corrected chi connectivity index (χ1v) is 7.36. The highest BCUT2D eigenvalue weighted by Gasteiger charge is 2.58. The zero-order valence-electron chi connectivity index (χ0n) is 12.8. The molecule has 0 heterocycles. The van der Waals surface area contributed by atoms with Gasteiger partial charge in [-0.05, 0) is 36.7 Å². The van der Waals surface area contributed by atoms with Crippen LogP contribution >= 0.6 is 0 Å². The highest BCUT2D eigenvalue weighted by molar-refractivity contribution is 5.75. The van der Waals surface area contributed by atoms with E-state index in [1.165, 1.54) is 0 Å². The number of aliphatic hydroxyl groups is 2. The molecule has 1 fully saturated rings. The molecule has 0 spiro atoms.